The Morgan fingerprint density at radius 2 is 1.77 bits per heavy atom. The molecule has 0 saturated carbocycles. The summed E-state index contributed by atoms with van der Waals surface area (Å²) in [6.07, 6.45) is 2.96. The predicted octanol–water partition coefficient (Wildman–Crippen LogP) is 5.05. The van der Waals surface area contributed by atoms with E-state index < -0.39 is 0 Å². The summed E-state index contributed by atoms with van der Waals surface area (Å²) in [5.41, 5.74) is 2.66. The lowest BCUT2D eigenvalue weighted by Gasteiger charge is -2.08. The summed E-state index contributed by atoms with van der Waals surface area (Å²) in [6, 6.07) is 13.2. The largest absolute Gasteiger partial charge is 0.361 e. The minimum atomic E-state index is -0.111. The van der Waals surface area contributed by atoms with Gasteiger partial charge in [0.05, 0.1) is 15.7 Å². The summed E-state index contributed by atoms with van der Waals surface area (Å²) in [6.45, 7) is 0. The van der Waals surface area contributed by atoms with E-state index in [2.05, 4.69) is 10.3 Å². The highest BCUT2D eigenvalue weighted by molar-refractivity contribution is 6.39. The number of halogens is 2. The molecule has 0 unspecified atom stereocenters. The highest BCUT2D eigenvalue weighted by Gasteiger charge is 2.11. The van der Waals surface area contributed by atoms with Crippen molar-refractivity contribution in [3.05, 3.63) is 64.3 Å². The van der Waals surface area contributed by atoms with Gasteiger partial charge < -0.3 is 10.3 Å². The number of anilines is 1. The highest BCUT2D eigenvalue weighted by Crippen LogP contribution is 2.30. The number of aryl methyl sites for hydroxylation is 1. The van der Waals surface area contributed by atoms with E-state index in [9.17, 15) is 4.79 Å². The maximum atomic E-state index is 12.1. The SMILES string of the molecule is O=C(CCc1c[nH]c2ccccc12)Nc1c(Cl)cccc1Cl. The molecule has 2 aromatic carbocycles. The summed E-state index contributed by atoms with van der Waals surface area (Å²) in [4.78, 5) is 15.3. The van der Waals surface area contributed by atoms with Crippen molar-refractivity contribution in [3.63, 3.8) is 0 Å². The number of H-pyrrole nitrogens is 1. The number of aromatic nitrogens is 1. The van der Waals surface area contributed by atoms with Crippen molar-refractivity contribution >= 4 is 45.7 Å². The fraction of sp³-hybridized carbons (Fsp3) is 0.118. The molecule has 5 heteroatoms. The van der Waals surface area contributed by atoms with Crippen molar-refractivity contribution in [3.8, 4) is 0 Å². The fourth-order valence-corrected chi connectivity index (χ4v) is 2.90. The zero-order valence-corrected chi connectivity index (χ0v) is 13.2. The molecule has 112 valence electrons. The minimum absolute atomic E-state index is 0.111. The van der Waals surface area contributed by atoms with E-state index >= 15 is 0 Å². The Labute approximate surface area is 138 Å². The van der Waals surface area contributed by atoms with Gasteiger partial charge in [-0.15, -0.1) is 0 Å². The molecule has 0 aliphatic rings. The summed E-state index contributed by atoms with van der Waals surface area (Å²) in [5.74, 6) is -0.111. The number of rotatable bonds is 4. The van der Waals surface area contributed by atoms with E-state index in [0.717, 1.165) is 16.5 Å². The Morgan fingerprint density at radius 3 is 2.55 bits per heavy atom. The first kappa shape index (κ1) is 14.9. The van der Waals surface area contributed by atoms with Crippen LogP contribution >= 0.6 is 23.2 Å². The molecular formula is C17H14Cl2N2O. The van der Waals surface area contributed by atoms with Gasteiger partial charge in [0.15, 0.2) is 0 Å². The molecule has 1 aromatic heterocycles. The molecule has 0 radical (unpaired) electrons. The van der Waals surface area contributed by atoms with E-state index in [1.807, 2.05) is 30.5 Å². The van der Waals surface area contributed by atoms with Crippen LogP contribution in [0.1, 0.15) is 12.0 Å². The Bertz CT molecular complexity index is 806. The van der Waals surface area contributed by atoms with Crippen molar-refractivity contribution in [2.45, 2.75) is 12.8 Å². The lowest BCUT2D eigenvalue weighted by molar-refractivity contribution is -0.116. The molecule has 0 atom stereocenters. The van der Waals surface area contributed by atoms with Gasteiger partial charge in [-0.2, -0.15) is 0 Å². The third-order valence-corrected chi connectivity index (χ3v) is 4.15. The lowest BCUT2D eigenvalue weighted by atomic mass is 10.1. The molecule has 3 rings (SSSR count). The topological polar surface area (TPSA) is 44.9 Å². The van der Waals surface area contributed by atoms with E-state index in [-0.39, 0.29) is 5.91 Å². The molecule has 0 bridgehead atoms. The van der Waals surface area contributed by atoms with Gasteiger partial charge in [0, 0.05) is 23.5 Å². The van der Waals surface area contributed by atoms with Gasteiger partial charge in [0.25, 0.3) is 0 Å². The number of nitrogens with one attached hydrogen (secondary N) is 2. The number of benzene rings is 2. The molecule has 0 saturated heterocycles. The molecule has 0 fully saturated rings. The zero-order chi connectivity index (χ0) is 15.5. The molecule has 3 nitrogen and oxygen atoms in total. The first-order chi connectivity index (χ1) is 10.6. The van der Waals surface area contributed by atoms with Crippen LogP contribution in [0.5, 0.6) is 0 Å². The molecule has 1 heterocycles. The number of hydrogen-bond donors (Lipinski definition) is 2. The van der Waals surface area contributed by atoms with Crippen molar-refractivity contribution < 1.29 is 4.79 Å². The maximum absolute atomic E-state index is 12.1. The van der Waals surface area contributed by atoms with Crippen LogP contribution in [0.4, 0.5) is 5.69 Å². The van der Waals surface area contributed by atoms with Crippen LogP contribution in [0, 0.1) is 0 Å². The van der Waals surface area contributed by atoms with Gasteiger partial charge in [-0.25, -0.2) is 0 Å². The standard InChI is InChI=1S/C17H14Cl2N2O/c18-13-5-3-6-14(19)17(13)21-16(22)9-8-11-10-20-15-7-2-1-4-12(11)15/h1-7,10,20H,8-9H2,(H,21,22). The molecule has 22 heavy (non-hydrogen) atoms. The Balaban J connectivity index is 1.68. The molecule has 0 aliphatic heterocycles. The second-order valence-corrected chi connectivity index (χ2v) is 5.82. The third kappa shape index (κ3) is 3.11. The second kappa shape index (κ2) is 6.42. The number of aromatic amines is 1. The number of amides is 1. The number of para-hydroxylation sites is 2. The Hall–Kier alpha value is -1.97. The summed E-state index contributed by atoms with van der Waals surface area (Å²) < 4.78 is 0. The molecular weight excluding hydrogens is 319 g/mol. The van der Waals surface area contributed by atoms with Crippen molar-refractivity contribution in [2.75, 3.05) is 5.32 Å². The highest BCUT2D eigenvalue weighted by atomic mass is 35.5. The zero-order valence-electron chi connectivity index (χ0n) is 11.7. The maximum Gasteiger partial charge on any atom is 0.224 e. The summed E-state index contributed by atoms with van der Waals surface area (Å²) in [7, 11) is 0. The number of carbonyl (C=O) groups is 1. The average Bonchev–Trinajstić information content (AvgIpc) is 2.92. The van der Waals surface area contributed by atoms with Crippen LogP contribution in [0.15, 0.2) is 48.7 Å². The number of fused-ring (bicyclic) bond motifs is 1. The van der Waals surface area contributed by atoms with Gasteiger partial charge in [-0.3, -0.25) is 4.79 Å². The van der Waals surface area contributed by atoms with E-state index in [1.54, 1.807) is 18.2 Å². The third-order valence-electron chi connectivity index (χ3n) is 3.52. The fourth-order valence-electron chi connectivity index (χ4n) is 2.41. The van der Waals surface area contributed by atoms with Gasteiger partial charge in [-0.05, 0) is 30.2 Å². The summed E-state index contributed by atoms with van der Waals surface area (Å²) >= 11 is 12.1. The molecule has 0 spiro atoms. The number of hydrogen-bond acceptors (Lipinski definition) is 1. The molecule has 0 aliphatic carbocycles. The van der Waals surface area contributed by atoms with Crippen LogP contribution in [-0.2, 0) is 11.2 Å². The van der Waals surface area contributed by atoms with Crippen LogP contribution in [-0.4, -0.2) is 10.9 Å². The Kier molecular flexibility index (Phi) is 4.36. The molecule has 1 amide bonds. The van der Waals surface area contributed by atoms with Crippen molar-refractivity contribution in [1.29, 1.82) is 0 Å². The first-order valence-corrected chi connectivity index (χ1v) is 7.69. The lowest BCUT2D eigenvalue weighted by Crippen LogP contribution is -2.13. The van der Waals surface area contributed by atoms with E-state index in [0.29, 0.717) is 28.6 Å². The van der Waals surface area contributed by atoms with Crippen molar-refractivity contribution in [2.24, 2.45) is 0 Å². The van der Waals surface area contributed by atoms with E-state index in [4.69, 9.17) is 23.2 Å². The van der Waals surface area contributed by atoms with E-state index in [1.165, 1.54) is 0 Å². The summed E-state index contributed by atoms with van der Waals surface area (Å²) in [5, 5.41) is 4.80. The quantitative estimate of drug-likeness (QED) is 0.690. The van der Waals surface area contributed by atoms with Crippen LogP contribution in [0.2, 0.25) is 10.0 Å². The van der Waals surface area contributed by atoms with Gasteiger partial charge in [-0.1, -0.05) is 47.5 Å². The average molecular weight is 333 g/mol. The monoisotopic (exact) mass is 332 g/mol. The predicted molar refractivity (Wildman–Crippen MR) is 91.7 cm³/mol. The minimum Gasteiger partial charge on any atom is -0.361 e. The van der Waals surface area contributed by atoms with Crippen molar-refractivity contribution in [1.82, 2.24) is 4.98 Å². The first-order valence-electron chi connectivity index (χ1n) is 6.94. The van der Waals surface area contributed by atoms with Crippen LogP contribution < -0.4 is 5.32 Å². The van der Waals surface area contributed by atoms with Gasteiger partial charge >= 0.3 is 0 Å². The van der Waals surface area contributed by atoms with Gasteiger partial charge in [0.2, 0.25) is 5.91 Å². The normalized spacial score (nSPS) is 10.8. The van der Waals surface area contributed by atoms with Crippen LogP contribution in [0.3, 0.4) is 0 Å². The molecule has 2 N–H and O–H groups in total. The van der Waals surface area contributed by atoms with Crippen LogP contribution in [0.25, 0.3) is 10.9 Å². The van der Waals surface area contributed by atoms with Gasteiger partial charge in [0.1, 0.15) is 0 Å². The molecule has 3 aromatic rings. The smallest absolute Gasteiger partial charge is 0.224 e. The Morgan fingerprint density at radius 1 is 1.05 bits per heavy atom. The second-order valence-electron chi connectivity index (χ2n) is 5.00. The number of carbonyl (C=O) groups excluding carboxylic acids is 1.